The van der Waals surface area contributed by atoms with E-state index in [-0.39, 0.29) is 36.0 Å². The molecule has 142 valence electrons. The summed E-state index contributed by atoms with van der Waals surface area (Å²) < 4.78 is 28.6. The monoisotopic (exact) mass is 379 g/mol. The van der Waals surface area contributed by atoms with Gasteiger partial charge in [0.25, 0.3) is 5.91 Å². The van der Waals surface area contributed by atoms with Crippen molar-refractivity contribution in [1.82, 2.24) is 4.90 Å². The van der Waals surface area contributed by atoms with Crippen LogP contribution in [0.3, 0.4) is 0 Å². The van der Waals surface area contributed by atoms with E-state index in [4.69, 9.17) is 4.74 Å². The van der Waals surface area contributed by atoms with Crippen LogP contribution >= 0.6 is 0 Å². The molecule has 3 rings (SSSR count). The Hall–Kier alpha value is -1.89. The van der Waals surface area contributed by atoms with Crippen LogP contribution in [0.4, 0.5) is 0 Å². The zero-order chi connectivity index (χ0) is 18.8. The summed E-state index contributed by atoms with van der Waals surface area (Å²) in [7, 11) is -1.49. The van der Waals surface area contributed by atoms with Crippen molar-refractivity contribution in [2.45, 2.75) is 43.6 Å². The number of amides is 1. The van der Waals surface area contributed by atoms with Gasteiger partial charge in [-0.1, -0.05) is 43.2 Å². The van der Waals surface area contributed by atoms with Gasteiger partial charge in [-0.25, -0.2) is 8.42 Å². The number of hydrogen-bond acceptors (Lipinski definition) is 5. The van der Waals surface area contributed by atoms with Crippen LogP contribution in [0.15, 0.2) is 30.3 Å². The molecule has 1 aromatic carbocycles. The lowest BCUT2D eigenvalue weighted by Gasteiger charge is -2.28. The Bertz CT molecular complexity index is 768. The molecule has 1 heterocycles. The van der Waals surface area contributed by atoms with Crippen LogP contribution in [0.1, 0.15) is 37.7 Å². The second kappa shape index (κ2) is 7.39. The first kappa shape index (κ1) is 18.9. The zero-order valence-corrected chi connectivity index (χ0v) is 15.8. The molecule has 0 radical (unpaired) electrons. The summed E-state index contributed by atoms with van der Waals surface area (Å²) in [5.41, 5.74) is 0.266. The highest BCUT2D eigenvalue weighted by Crippen LogP contribution is 2.42. The lowest BCUT2D eigenvalue weighted by atomic mass is 9.79. The summed E-state index contributed by atoms with van der Waals surface area (Å²) >= 11 is 0. The number of carbonyl (C=O) groups excluding carboxylic acids is 2. The summed E-state index contributed by atoms with van der Waals surface area (Å²) in [5, 5.41) is 0. The normalized spacial score (nSPS) is 23.5. The maximum absolute atomic E-state index is 12.8. The minimum absolute atomic E-state index is 0.0167. The molecule has 0 N–H and O–H groups in total. The quantitative estimate of drug-likeness (QED) is 0.727. The van der Waals surface area contributed by atoms with Gasteiger partial charge in [-0.2, -0.15) is 0 Å². The fourth-order valence-electron chi connectivity index (χ4n) is 4.00. The molecule has 0 spiro atoms. The standard InChI is InChI=1S/C19H25NO5S/c1-20(16-9-12-26(23,24)14-16)17(21)13-25-18(22)19(10-5-6-11-19)15-7-3-2-4-8-15/h2-4,7-8,16H,5-6,9-14H2,1H3/t16-/m1/s1. The number of carbonyl (C=O) groups is 2. The van der Waals surface area contributed by atoms with Gasteiger partial charge in [-0.05, 0) is 24.8 Å². The van der Waals surface area contributed by atoms with E-state index in [1.54, 1.807) is 7.05 Å². The van der Waals surface area contributed by atoms with Crippen LogP contribution < -0.4 is 0 Å². The number of esters is 1. The summed E-state index contributed by atoms with van der Waals surface area (Å²) in [4.78, 5) is 26.6. The Balaban J connectivity index is 1.63. The first-order valence-corrected chi connectivity index (χ1v) is 10.8. The van der Waals surface area contributed by atoms with Crippen LogP contribution in [-0.4, -0.2) is 56.4 Å². The van der Waals surface area contributed by atoms with Crippen LogP contribution in [0.25, 0.3) is 0 Å². The molecule has 1 aliphatic carbocycles. The predicted molar refractivity (Wildman–Crippen MR) is 97.4 cm³/mol. The number of ether oxygens (including phenoxy) is 1. The number of hydrogen-bond donors (Lipinski definition) is 0. The van der Waals surface area contributed by atoms with Crippen LogP contribution in [-0.2, 0) is 29.6 Å². The van der Waals surface area contributed by atoms with Gasteiger partial charge in [-0.15, -0.1) is 0 Å². The minimum Gasteiger partial charge on any atom is -0.455 e. The molecule has 1 saturated heterocycles. The van der Waals surface area contributed by atoms with E-state index < -0.39 is 15.3 Å². The molecule has 0 unspecified atom stereocenters. The van der Waals surface area contributed by atoms with E-state index in [1.165, 1.54) is 4.90 Å². The van der Waals surface area contributed by atoms with Gasteiger partial charge in [0, 0.05) is 13.1 Å². The van der Waals surface area contributed by atoms with Gasteiger partial charge >= 0.3 is 5.97 Å². The summed E-state index contributed by atoms with van der Waals surface area (Å²) in [5.74, 6) is -0.632. The van der Waals surface area contributed by atoms with E-state index >= 15 is 0 Å². The Morgan fingerprint density at radius 3 is 2.42 bits per heavy atom. The highest BCUT2D eigenvalue weighted by molar-refractivity contribution is 7.91. The lowest BCUT2D eigenvalue weighted by molar-refractivity contribution is -0.157. The molecule has 1 saturated carbocycles. The molecule has 1 atom stereocenters. The van der Waals surface area contributed by atoms with Crippen molar-refractivity contribution >= 4 is 21.7 Å². The van der Waals surface area contributed by atoms with Crippen molar-refractivity contribution in [3.8, 4) is 0 Å². The molecule has 7 heteroatoms. The molecule has 2 aliphatic rings. The van der Waals surface area contributed by atoms with Gasteiger partial charge in [0.15, 0.2) is 16.4 Å². The molecule has 0 aromatic heterocycles. The zero-order valence-electron chi connectivity index (χ0n) is 15.0. The van der Waals surface area contributed by atoms with Gasteiger partial charge in [0.1, 0.15) is 0 Å². The van der Waals surface area contributed by atoms with Crippen LogP contribution in [0.2, 0.25) is 0 Å². The maximum atomic E-state index is 12.8. The number of likely N-dealkylation sites (N-methyl/N-ethyl adjacent to an activating group) is 1. The molecular weight excluding hydrogens is 354 g/mol. The van der Waals surface area contributed by atoms with Crippen molar-refractivity contribution in [3.05, 3.63) is 35.9 Å². The van der Waals surface area contributed by atoms with E-state index in [0.717, 1.165) is 31.2 Å². The molecule has 0 bridgehead atoms. The molecule has 6 nitrogen and oxygen atoms in total. The second-order valence-corrected chi connectivity index (χ2v) is 9.52. The van der Waals surface area contributed by atoms with Gasteiger partial charge in [0.05, 0.1) is 16.9 Å². The fraction of sp³-hybridized carbons (Fsp3) is 0.579. The molecule has 1 aliphatic heterocycles. The summed E-state index contributed by atoms with van der Waals surface area (Å²) in [6.07, 6.45) is 3.80. The summed E-state index contributed by atoms with van der Waals surface area (Å²) in [6, 6.07) is 9.25. The van der Waals surface area contributed by atoms with E-state index in [0.29, 0.717) is 6.42 Å². The Morgan fingerprint density at radius 2 is 1.85 bits per heavy atom. The average Bonchev–Trinajstić information content (AvgIpc) is 3.27. The van der Waals surface area contributed by atoms with Gasteiger partial charge < -0.3 is 9.64 Å². The highest BCUT2D eigenvalue weighted by atomic mass is 32.2. The second-order valence-electron chi connectivity index (χ2n) is 7.29. The number of nitrogens with zero attached hydrogens (tertiary/aromatic N) is 1. The topological polar surface area (TPSA) is 80.8 Å². The van der Waals surface area contributed by atoms with Crippen molar-refractivity contribution in [3.63, 3.8) is 0 Å². The van der Waals surface area contributed by atoms with Crippen molar-refractivity contribution in [2.75, 3.05) is 25.2 Å². The minimum atomic E-state index is -3.07. The smallest absolute Gasteiger partial charge is 0.317 e. The van der Waals surface area contributed by atoms with Gasteiger partial charge in [0.2, 0.25) is 0 Å². The van der Waals surface area contributed by atoms with Crippen molar-refractivity contribution < 1.29 is 22.7 Å². The van der Waals surface area contributed by atoms with Crippen LogP contribution in [0, 0.1) is 0 Å². The third-order valence-corrected chi connectivity index (χ3v) is 7.40. The summed E-state index contributed by atoms with van der Waals surface area (Å²) in [6.45, 7) is -0.347. The third kappa shape index (κ3) is 3.77. The Labute approximate surface area is 154 Å². The van der Waals surface area contributed by atoms with E-state index in [2.05, 4.69) is 0 Å². The third-order valence-electron chi connectivity index (χ3n) is 5.65. The van der Waals surface area contributed by atoms with Crippen LogP contribution in [0.5, 0.6) is 0 Å². The average molecular weight is 379 g/mol. The van der Waals surface area contributed by atoms with Crippen molar-refractivity contribution in [1.29, 1.82) is 0 Å². The molecular formula is C19H25NO5S. The number of benzene rings is 1. The highest BCUT2D eigenvalue weighted by Gasteiger charge is 2.44. The van der Waals surface area contributed by atoms with E-state index in [9.17, 15) is 18.0 Å². The molecule has 26 heavy (non-hydrogen) atoms. The predicted octanol–water partition coefficient (Wildman–Crippen LogP) is 1.69. The molecule has 1 amide bonds. The van der Waals surface area contributed by atoms with Crippen molar-refractivity contribution in [2.24, 2.45) is 0 Å². The SMILES string of the molecule is CN(C(=O)COC(=O)C1(c2ccccc2)CCCC1)[C@@H]1CCS(=O)(=O)C1. The fourth-order valence-corrected chi connectivity index (χ4v) is 5.77. The first-order chi connectivity index (χ1) is 12.3. The maximum Gasteiger partial charge on any atom is 0.317 e. The molecule has 2 fully saturated rings. The molecule has 1 aromatic rings. The first-order valence-electron chi connectivity index (χ1n) is 9.03. The Morgan fingerprint density at radius 1 is 1.19 bits per heavy atom. The van der Waals surface area contributed by atoms with E-state index in [1.807, 2.05) is 30.3 Å². The number of sulfone groups is 1. The number of rotatable bonds is 5. The van der Waals surface area contributed by atoms with Gasteiger partial charge in [-0.3, -0.25) is 9.59 Å². The largest absolute Gasteiger partial charge is 0.455 e. The lowest BCUT2D eigenvalue weighted by Crippen LogP contribution is -2.42. The Kier molecular flexibility index (Phi) is 5.37.